The molecule has 15 heavy (non-hydrogen) atoms. The number of hydrogen-bond acceptors (Lipinski definition) is 4. The lowest BCUT2D eigenvalue weighted by Gasteiger charge is -1.99. The molecule has 0 unspecified atom stereocenters. The number of fused-ring (bicyclic) bond motifs is 1. The summed E-state index contributed by atoms with van der Waals surface area (Å²) in [5.74, 6) is -1.07. The topological polar surface area (TPSA) is 39.2 Å². The molecule has 0 aliphatic heterocycles. The number of thiazole rings is 1. The van der Waals surface area contributed by atoms with Crippen LogP contribution >= 0.6 is 27.3 Å². The predicted octanol–water partition coefficient (Wildman–Crippen LogP) is 2.98. The van der Waals surface area contributed by atoms with Gasteiger partial charge in [0.2, 0.25) is 0 Å². The van der Waals surface area contributed by atoms with Crippen LogP contribution in [0.5, 0.6) is 0 Å². The third-order valence-corrected chi connectivity index (χ3v) is 3.30. The van der Waals surface area contributed by atoms with Crippen molar-refractivity contribution in [2.75, 3.05) is 7.11 Å². The molecule has 1 heterocycles. The quantitative estimate of drug-likeness (QED) is 0.758. The number of methoxy groups -OCH3 is 1. The van der Waals surface area contributed by atoms with Gasteiger partial charge in [-0.25, -0.2) is 14.2 Å². The minimum absolute atomic E-state index is 0.193. The van der Waals surface area contributed by atoms with Gasteiger partial charge in [-0.2, -0.15) is 0 Å². The molecule has 3 nitrogen and oxygen atoms in total. The van der Waals surface area contributed by atoms with Crippen LogP contribution in [0, 0.1) is 5.82 Å². The van der Waals surface area contributed by atoms with E-state index in [4.69, 9.17) is 0 Å². The van der Waals surface area contributed by atoms with Crippen molar-refractivity contribution in [1.29, 1.82) is 0 Å². The summed E-state index contributed by atoms with van der Waals surface area (Å²) in [7, 11) is 1.26. The second kappa shape index (κ2) is 3.86. The van der Waals surface area contributed by atoms with Gasteiger partial charge < -0.3 is 4.74 Å². The Morgan fingerprint density at radius 2 is 2.33 bits per heavy atom. The van der Waals surface area contributed by atoms with Gasteiger partial charge in [-0.3, -0.25) is 0 Å². The number of halogens is 2. The zero-order valence-corrected chi connectivity index (χ0v) is 9.99. The minimum Gasteiger partial charge on any atom is -0.465 e. The average Bonchev–Trinajstić information content (AvgIpc) is 2.58. The number of hydrogen-bond donors (Lipinski definition) is 0. The number of nitrogens with zero attached hydrogens (tertiary/aromatic N) is 1. The lowest BCUT2D eigenvalue weighted by Crippen LogP contribution is -2.01. The van der Waals surface area contributed by atoms with Gasteiger partial charge in [0.1, 0.15) is 5.52 Å². The summed E-state index contributed by atoms with van der Waals surface area (Å²) in [6.45, 7) is 0. The molecule has 0 bridgehead atoms. The summed E-state index contributed by atoms with van der Waals surface area (Å²) in [6, 6.07) is 2.69. The third kappa shape index (κ3) is 1.87. The Labute approximate surface area is 97.0 Å². The van der Waals surface area contributed by atoms with Crippen molar-refractivity contribution >= 4 is 43.5 Å². The molecular formula is C9H5BrFNO2S. The van der Waals surface area contributed by atoms with Gasteiger partial charge in [-0.05, 0) is 28.1 Å². The molecule has 0 fully saturated rings. The number of aromatic nitrogens is 1. The van der Waals surface area contributed by atoms with Crippen LogP contribution in [0.15, 0.2) is 16.0 Å². The Balaban J connectivity index is 2.66. The molecule has 0 saturated heterocycles. The second-order valence-corrected chi connectivity index (χ2v) is 5.07. The van der Waals surface area contributed by atoms with E-state index in [2.05, 4.69) is 25.7 Å². The Morgan fingerprint density at radius 3 is 3.00 bits per heavy atom. The highest BCUT2D eigenvalue weighted by Crippen LogP contribution is 2.29. The molecule has 2 rings (SSSR count). The van der Waals surface area contributed by atoms with Crippen LogP contribution in [0.4, 0.5) is 4.39 Å². The summed E-state index contributed by atoms with van der Waals surface area (Å²) in [5.41, 5.74) is 0.457. The van der Waals surface area contributed by atoms with Crippen molar-refractivity contribution in [2.24, 2.45) is 0 Å². The average molecular weight is 290 g/mol. The van der Waals surface area contributed by atoms with Crippen molar-refractivity contribution in [2.45, 2.75) is 0 Å². The van der Waals surface area contributed by atoms with Gasteiger partial charge in [0.15, 0.2) is 9.73 Å². The molecule has 0 amide bonds. The fourth-order valence-electron chi connectivity index (χ4n) is 1.20. The first-order chi connectivity index (χ1) is 7.11. The van der Waals surface area contributed by atoms with Crippen LogP contribution in [-0.2, 0) is 4.74 Å². The molecule has 2 aromatic rings. The van der Waals surface area contributed by atoms with E-state index in [1.165, 1.54) is 18.4 Å². The Kier molecular flexibility index (Phi) is 2.70. The maximum Gasteiger partial charge on any atom is 0.338 e. The minimum atomic E-state index is -0.555. The molecule has 1 aromatic carbocycles. The number of ether oxygens (including phenoxy) is 1. The summed E-state index contributed by atoms with van der Waals surface area (Å²) in [5, 5.41) is 0. The number of rotatable bonds is 1. The first-order valence-corrected chi connectivity index (χ1v) is 5.56. The summed E-state index contributed by atoms with van der Waals surface area (Å²) in [6.07, 6.45) is 0. The van der Waals surface area contributed by atoms with Crippen LogP contribution in [0.25, 0.3) is 10.2 Å². The van der Waals surface area contributed by atoms with Crippen LogP contribution in [0.1, 0.15) is 10.4 Å². The molecule has 0 radical (unpaired) electrons. The van der Waals surface area contributed by atoms with E-state index in [0.29, 0.717) is 8.62 Å². The van der Waals surface area contributed by atoms with Gasteiger partial charge in [0, 0.05) is 0 Å². The highest BCUT2D eigenvalue weighted by Gasteiger charge is 2.13. The molecular weight excluding hydrogens is 285 g/mol. The largest absolute Gasteiger partial charge is 0.465 e. The molecule has 0 aliphatic carbocycles. The van der Waals surface area contributed by atoms with Crippen LogP contribution in [0.2, 0.25) is 0 Å². The molecule has 0 saturated carbocycles. The third-order valence-electron chi connectivity index (χ3n) is 1.84. The van der Waals surface area contributed by atoms with Gasteiger partial charge in [0.25, 0.3) is 0 Å². The molecule has 0 atom stereocenters. The number of carbonyl (C=O) groups excluding carboxylic acids is 1. The van der Waals surface area contributed by atoms with Crippen LogP contribution < -0.4 is 0 Å². The van der Waals surface area contributed by atoms with E-state index in [0.717, 1.165) is 6.07 Å². The first kappa shape index (κ1) is 10.5. The Bertz CT molecular complexity index is 540. The van der Waals surface area contributed by atoms with E-state index < -0.39 is 11.8 Å². The summed E-state index contributed by atoms with van der Waals surface area (Å²) < 4.78 is 19.2. The van der Waals surface area contributed by atoms with Gasteiger partial charge in [-0.15, -0.1) is 11.3 Å². The Hall–Kier alpha value is -1.01. The van der Waals surface area contributed by atoms with E-state index in [1.807, 2.05) is 0 Å². The maximum atomic E-state index is 13.5. The number of esters is 1. The van der Waals surface area contributed by atoms with E-state index in [1.54, 1.807) is 6.07 Å². The van der Waals surface area contributed by atoms with E-state index in [9.17, 15) is 9.18 Å². The predicted molar refractivity (Wildman–Crippen MR) is 58.6 cm³/mol. The molecule has 1 aromatic heterocycles. The normalized spacial score (nSPS) is 10.6. The van der Waals surface area contributed by atoms with E-state index >= 15 is 0 Å². The van der Waals surface area contributed by atoms with E-state index in [-0.39, 0.29) is 11.1 Å². The van der Waals surface area contributed by atoms with Gasteiger partial charge >= 0.3 is 5.97 Å². The lowest BCUT2D eigenvalue weighted by molar-refractivity contribution is 0.0600. The van der Waals surface area contributed by atoms with Crippen LogP contribution in [0.3, 0.4) is 0 Å². The van der Waals surface area contributed by atoms with Crippen molar-refractivity contribution in [3.63, 3.8) is 0 Å². The van der Waals surface area contributed by atoms with Gasteiger partial charge in [-0.1, -0.05) is 0 Å². The zero-order valence-electron chi connectivity index (χ0n) is 7.58. The lowest BCUT2D eigenvalue weighted by atomic mass is 10.2. The number of carbonyl (C=O) groups is 1. The summed E-state index contributed by atoms with van der Waals surface area (Å²) >= 11 is 4.43. The van der Waals surface area contributed by atoms with Crippen LogP contribution in [-0.4, -0.2) is 18.1 Å². The Morgan fingerprint density at radius 1 is 1.60 bits per heavy atom. The smallest absolute Gasteiger partial charge is 0.338 e. The number of benzene rings is 1. The SMILES string of the molecule is COC(=O)c1cc(F)c2nc(Br)sc2c1. The van der Waals surface area contributed by atoms with Crippen molar-refractivity contribution in [1.82, 2.24) is 4.98 Å². The zero-order chi connectivity index (χ0) is 11.0. The molecule has 0 N–H and O–H groups in total. The molecule has 6 heteroatoms. The fraction of sp³-hybridized carbons (Fsp3) is 0.111. The maximum absolute atomic E-state index is 13.5. The highest BCUT2D eigenvalue weighted by atomic mass is 79.9. The highest BCUT2D eigenvalue weighted by molar-refractivity contribution is 9.11. The monoisotopic (exact) mass is 289 g/mol. The molecule has 78 valence electrons. The van der Waals surface area contributed by atoms with Crippen molar-refractivity contribution in [3.8, 4) is 0 Å². The van der Waals surface area contributed by atoms with Crippen molar-refractivity contribution in [3.05, 3.63) is 27.4 Å². The van der Waals surface area contributed by atoms with Crippen molar-refractivity contribution < 1.29 is 13.9 Å². The first-order valence-electron chi connectivity index (χ1n) is 3.95. The molecule has 0 spiro atoms. The summed E-state index contributed by atoms with van der Waals surface area (Å²) in [4.78, 5) is 15.1. The molecule has 0 aliphatic rings. The second-order valence-electron chi connectivity index (χ2n) is 2.76. The fourth-order valence-corrected chi connectivity index (χ4v) is 2.64. The standard InChI is InChI=1S/C9H5BrFNO2S/c1-14-8(13)4-2-5(11)7-6(3-4)15-9(10)12-7/h2-3H,1H3. The van der Waals surface area contributed by atoms with Gasteiger partial charge in [0.05, 0.1) is 17.4 Å².